The molecule has 0 saturated heterocycles. The predicted molar refractivity (Wildman–Crippen MR) is 237 cm³/mol. The van der Waals surface area contributed by atoms with Gasteiger partial charge in [0.05, 0.1) is 11.1 Å². The zero-order valence-electron chi connectivity index (χ0n) is 37.5. The fourth-order valence-corrected chi connectivity index (χ4v) is 8.29. The first-order chi connectivity index (χ1) is 27.7. The van der Waals surface area contributed by atoms with Crippen molar-refractivity contribution in [1.82, 2.24) is 0 Å². The van der Waals surface area contributed by atoms with Gasteiger partial charge in [-0.25, -0.2) is 0 Å². The molecular weight excluding hydrogens is 816 g/mol. The summed E-state index contributed by atoms with van der Waals surface area (Å²) in [6.45, 7) is 30.4. The summed E-state index contributed by atoms with van der Waals surface area (Å²) in [5.74, 6) is 1.65. The molecule has 0 aliphatic carbocycles. The van der Waals surface area contributed by atoms with Gasteiger partial charge in [0.2, 0.25) is 0 Å². The lowest BCUT2D eigenvalue weighted by Gasteiger charge is -2.37. The van der Waals surface area contributed by atoms with Crippen molar-refractivity contribution >= 4 is 18.1 Å². The lowest BCUT2D eigenvalue weighted by molar-refractivity contribution is -0.138. The number of benzene rings is 4. The molecule has 60 heavy (non-hydrogen) atoms. The predicted octanol–water partition coefficient (Wildman–Crippen LogP) is 16.7. The molecule has 0 aromatic heterocycles. The fraction of sp³-hybridized carbons (Fsp3) is 0.500. The molecule has 12 heteroatoms. The van der Waals surface area contributed by atoms with Crippen LogP contribution in [0.4, 0.5) is 26.3 Å². The molecule has 4 nitrogen and oxygen atoms in total. The molecule has 4 aromatic carbocycles. The summed E-state index contributed by atoms with van der Waals surface area (Å²) in [4.78, 5) is 0. The van der Waals surface area contributed by atoms with Gasteiger partial charge in [0, 0.05) is 22.3 Å². The van der Waals surface area contributed by atoms with Gasteiger partial charge >= 0.3 is 12.4 Å². The SMILES string of the molecule is CCC(C)(C)c1cc(C(C)(C)CC)c(OPOc2ccc(C(F)(F)F)cc2)c(-c2c(C)c(C(C)(C)CC)cc(C(C)(C)CC)c2OPOc2ccc(C(F)(F)F)cc2)c1C. The Hall–Kier alpha value is -3.48. The van der Waals surface area contributed by atoms with Crippen molar-refractivity contribution < 1.29 is 44.4 Å². The molecule has 0 N–H and O–H groups in total. The Labute approximate surface area is 357 Å². The molecule has 0 aliphatic heterocycles. The molecule has 4 aromatic rings. The summed E-state index contributed by atoms with van der Waals surface area (Å²) in [5, 5.41) is 0. The molecule has 330 valence electrons. The molecule has 0 spiro atoms. The number of rotatable bonds is 17. The van der Waals surface area contributed by atoms with Crippen LogP contribution in [-0.2, 0) is 34.0 Å². The molecule has 0 heterocycles. The standard InChI is InChI=1S/C48H62F6O4P2/c1-15-43(7,8)35-27-37(45(11,12)17-3)41(57-59-55-33-23-19-31(20-24-33)47(49,50)51)39(29(35)5)40-30(6)36(44(9,10)16-2)28-38(46(13,14)18-4)42(40)58-60-56-34-25-21-32(22-26-34)48(52,53)54/h19-28,59-60H,15-18H2,1-14H3. The maximum absolute atomic E-state index is 13.4. The van der Waals surface area contributed by atoms with Gasteiger partial charge in [-0.3, -0.25) is 0 Å². The Balaban J connectivity index is 2.10. The Kier molecular flexibility index (Phi) is 15.1. The van der Waals surface area contributed by atoms with E-state index in [4.69, 9.17) is 18.1 Å². The molecule has 0 aliphatic rings. The normalized spacial score (nSPS) is 13.5. The minimum atomic E-state index is -4.48. The van der Waals surface area contributed by atoms with E-state index >= 15 is 0 Å². The van der Waals surface area contributed by atoms with E-state index in [1.165, 1.54) is 24.3 Å². The van der Waals surface area contributed by atoms with Crippen LogP contribution >= 0.6 is 18.1 Å². The zero-order valence-corrected chi connectivity index (χ0v) is 39.5. The van der Waals surface area contributed by atoms with Crippen molar-refractivity contribution in [2.75, 3.05) is 0 Å². The summed E-state index contributed by atoms with van der Waals surface area (Å²) in [6, 6.07) is 13.6. The summed E-state index contributed by atoms with van der Waals surface area (Å²) >= 11 is 0. The Morgan fingerprint density at radius 3 is 0.933 bits per heavy atom. The summed E-state index contributed by atoms with van der Waals surface area (Å²) in [7, 11) is -1.23. The molecular formula is C48H62F6O4P2. The topological polar surface area (TPSA) is 36.9 Å². The van der Waals surface area contributed by atoms with E-state index in [-0.39, 0.29) is 22.3 Å². The second-order valence-electron chi connectivity index (χ2n) is 18.2. The van der Waals surface area contributed by atoms with E-state index in [2.05, 4.69) is 109 Å². The van der Waals surface area contributed by atoms with Gasteiger partial charge in [-0.1, -0.05) is 95.2 Å². The molecule has 4 rings (SSSR count). The van der Waals surface area contributed by atoms with Crippen molar-refractivity contribution in [2.45, 2.75) is 157 Å². The van der Waals surface area contributed by atoms with Gasteiger partial charge in [-0.05, 0) is 132 Å². The van der Waals surface area contributed by atoms with Gasteiger partial charge in [-0.2, -0.15) is 26.3 Å². The maximum atomic E-state index is 13.4. The highest BCUT2D eigenvalue weighted by molar-refractivity contribution is 7.27. The van der Waals surface area contributed by atoms with Crippen molar-refractivity contribution in [1.29, 1.82) is 0 Å². The molecule has 0 bridgehead atoms. The Bertz CT molecular complexity index is 1950. The quantitative estimate of drug-likeness (QED) is 0.0782. The Morgan fingerprint density at radius 2 is 0.683 bits per heavy atom. The molecule has 2 atom stereocenters. The van der Waals surface area contributed by atoms with E-state index in [0.717, 1.165) is 94.5 Å². The summed E-state index contributed by atoms with van der Waals surface area (Å²) in [5.41, 5.74) is 4.94. The number of hydrogen-bond acceptors (Lipinski definition) is 4. The lowest BCUT2D eigenvalue weighted by atomic mass is 9.69. The molecule has 0 radical (unpaired) electrons. The highest BCUT2D eigenvalue weighted by Gasteiger charge is 2.38. The van der Waals surface area contributed by atoms with Gasteiger partial charge in [0.1, 0.15) is 23.0 Å². The molecule has 0 fully saturated rings. The van der Waals surface area contributed by atoms with Gasteiger partial charge in [-0.15, -0.1) is 0 Å². The first-order valence-electron chi connectivity index (χ1n) is 20.6. The van der Waals surface area contributed by atoms with E-state index in [9.17, 15) is 26.3 Å². The third-order valence-electron chi connectivity index (χ3n) is 12.8. The van der Waals surface area contributed by atoms with Crippen molar-refractivity contribution in [3.8, 4) is 34.1 Å². The van der Waals surface area contributed by atoms with E-state index in [1.807, 2.05) is 0 Å². The van der Waals surface area contributed by atoms with Gasteiger partial charge in [0.25, 0.3) is 18.1 Å². The van der Waals surface area contributed by atoms with Crippen LogP contribution in [0, 0.1) is 13.8 Å². The van der Waals surface area contributed by atoms with E-state index in [1.54, 1.807) is 0 Å². The second kappa shape index (κ2) is 18.5. The molecule has 2 unspecified atom stereocenters. The number of hydrogen-bond donors (Lipinski definition) is 0. The van der Waals surface area contributed by atoms with Gasteiger partial charge < -0.3 is 18.1 Å². The smallest absolute Gasteiger partial charge is 0.416 e. The highest BCUT2D eigenvalue weighted by atomic mass is 31.1. The Morgan fingerprint density at radius 1 is 0.417 bits per heavy atom. The lowest BCUT2D eigenvalue weighted by Crippen LogP contribution is -2.25. The molecule has 0 amide bonds. The average molecular weight is 879 g/mol. The van der Waals surface area contributed by atoms with E-state index < -0.39 is 52.4 Å². The highest BCUT2D eigenvalue weighted by Crippen LogP contribution is 2.56. The molecule has 0 saturated carbocycles. The number of alkyl halides is 6. The van der Waals surface area contributed by atoms with Crippen LogP contribution < -0.4 is 18.1 Å². The average Bonchev–Trinajstić information content (AvgIpc) is 3.17. The van der Waals surface area contributed by atoms with Crippen molar-refractivity contribution in [3.63, 3.8) is 0 Å². The van der Waals surface area contributed by atoms with Crippen LogP contribution in [0.25, 0.3) is 11.1 Å². The monoisotopic (exact) mass is 878 g/mol. The van der Waals surface area contributed by atoms with Crippen LogP contribution in [0.1, 0.15) is 153 Å². The first-order valence-corrected chi connectivity index (χ1v) is 22.2. The summed E-state index contributed by atoms with van der Waals surface area (Å²) < 4.78 is 106. The van der Waals surface area contributed by atoms with Crippen molar-refractivity contribution in [3.05, 3.63) is 105 Å². The minimum absolute atomic E-state index is 0.236. The third-order valence-corrected chi connectivity index (χ3v) is 14.0. The second-order valence-corrected chi connectivity index (χ2v) is 19.3. The zero-order chi connectivity index (χ0) is 45.2. The maximum Gasteiger partial charge on any atom is 0.416 e. The van der Waals surface area contributed by atoms with Crippen LogP contribution in [-0.4, -0.2) is 0 Å². The van der Waals surface area contributed by atoms with Crippen LogP contribution in [0.3, 0.4) is 0 Å². The fourth-order valence-electron chi connectivity index (χ4n) is 7.15. The third kappa shape index (κ3) is 10.8. The largest absolute Gasteiger partial charge is 0.441 e. The van der Waals surface area contributed by atoms with Crippen LogP contribution in [0.2, 0.25) is 0 Å². The number of halogens is 6. The van der Waals surface area contributed by atoms with E-state index in [0.29, 0.717) is 11.5 Å². The summed E-state index contributed by atoms with van der Waals surface area (Å²) in [6.07, 6.45) is -5.73. The first kappa shape index (κ1) is 49.2. The van der Waals surface area contributed by atoms with Crippen molar-refractivity contribution in [2.24, 2.45) is 0 Å². The van der Waals surface area contributed by atoms with Crippen LogP contribution in [0.5, 0.6) is 23.0 Å². The van der Waals surface area contributed by atoms with Crippen LogP contribution in [0.15, 0.2) is 60.7 Å². The minimum Gasteiger partial charge on any atom is -0.441 e. The van der Waals surface area contributed by atoms with Gasteiger partial charge in [0.15, 0.2) is 0 Å².